The van der Waals surface area contributed by atoms with Gasteiger partial charge in [0.25, 0.3) is 0 Å². The fraction of sp³-hybridized carbons (Fsp3) is 0. The van der Waals surface area contributed by atoms with Crippen LogP contribution in [0.15, 0.2) is 6.07 Å². The number of carbonyl (C=O) groups is 1. The molecule has 0 aliphatic heterocycles. The summed E-state index contributed by atoms with van der Waals surface area (Å²) in [7, 11) is 0. The van der Waals surface area contributed by atoms with Crippen LogP contribution >= 0.6 is 0 Å². The maximum absolute atomic E-state index is 10.5. The van der Waals surface area contributed by atoms with Gasteiger partial charge in [-0.2, -0.15) is 0 Å². The lowest BCUT2D eigenvalue weighted by Crippen LogP contribution is -2.02. The quantitative estimate of drug-likeness (QED) is 0.236. The average Bonchev–Trinajstić information content (AvgIpc) is 2.01. The number of anilines is 2. The summed E-state index contributed by atoms with van der Waals surface area (Å²) in [5, 5.41) is 26.9. The molecule has 0 spiro atoms. The van der Waals surface area contributed by atoms with Crippen molar-refractivity contribution < 1.29 is 20.1 Å². The molecule has 0 aromatic heterocycles. The number of aromatic carboxylic acids is 1. The lowest BCUT2D eigenvalue weighted by atomic mass is 10.1. The van der Waals surface area contributed by atoms with Crippen molar-refractivity contribution in [2.24, 2.45) is 0 Å². The molecule has 1 aromatic rings. The van der Waals surface area contributed by atoms with Crippen molar-refractivity contribution in [1.29, 1.82) is 0 Å². The van der Waals surface area contributed by atoms with Crippen LogP contribution in [0.2, 0.25) is 0 Å². The van der Waals surface area contributed by atoms with Gasteiger partial charge in [0.1, 0.15) is 5.56 Å². The molecule has 0 fully saturated rings. The Balaban J connectivity index is 3.56. The van der Waals surface area contributed by atoms with E-state index in [0.29, 0.717) is 0 Å². The molecule has 1 aromatic carbocycles. The molecule has 7 N–H and O–H groups in total. The number of rotatable bonds is 1. The second-order valence-electron chi connectivity index (χ2n) is 2.43. The number of hydrogen-bond donors (Lipinski definition) is 5. The number of carboxylic acid groups (broad SMARTS) is 1. The number of nitrogens with two attached hydrogens (primary N) is 2. The standard InChI is InChI=1S/C7H8N2O4/c8-2-1-3(9)6(11)4(5(2)10)7(12)13/h1,10-11H,8-9H2,(H,12,13). The van der Waals surface area contributed by atoms with Crippen LogP contribution in [0.5, 0.6) is 11.5 Å². The summed E-state index contributed by atoms with van der Waals surface area (Å²) in [6.07, 6.45) is 0. The summed E-state index contributed by atoms with van der Waals surface area (Å²) >= 11 is 0. The molecule has 0 heterocycles. The van der Waals surface area contributed by atoms with E-state index in [0.717, 1.165) is 6.07 Å². The molecule has 6 heteroatoms. The molecule has 6 nitrogen and oxygen atoms in total. The fourth-order valence-corrected chi connectivity index (χ4v) is 0.908. The Morgan fingerprint density at radius 3 is 1.85 bits per heavy atom. The first kappa shape index (κ1) is 8.98. The molecule has 0 unspecified atom stereocenters. The van der Waals surface area contributed by atoms with Crippen LogP contribution in [0, 0.1) is 0 Å². The van der Waals surface area contributed by atoms with Crippen LogP contribution in [-0.2, 0) is 0 Å². The van der Waals surface area contributed by atoms with Gasteiger partial charge in [-0.15, -0.1) is 0 Å². The molecule has 0 saturated carbocycles. The molecule has 0 bridgehead atoms. The Morgan fingerprint density at radius 2 is 1.54 bits per heavy atom. The number of nitrogen functional groups attached to an aromatic ring is 2. The third kappa shape index (κ3) is 1.28. The van der Waals surface area contributed by atoms with Crippen LogP contribution in [0.4, 0.5) is 11.4 Å². The molecule has 13 heavy (non-hydrogen) atoms. The van der Waals surface area contributed by atoms with Crippen molar-refractivity contribution in [3.8, 4) is 11.5 Å². The highest BCUT2D eigenvalue weighted by atomic mass is 16.4. The number of carboxylic acids is 1. The van der Waals surface area contributed by atoms with Gasteiger partial charge in [-0.1, -0.05) is 0 Å². The predicted octanol–water partition coefficient (Wildman–Crippen LogP) is -0.0396. The SMILES string of the molecule is Nc1cc(N)c(O)c(C(=O)O)c1O. The minimum Gasteiger partial charge on any atom is -0.505 e. The zero-order valence-corrected chi connectivity index (χ0v) is 6.48. The summed E-state index contributed by atoms with van der Waals surface area (Å²) in [5.41, 5.74) is 9.39. The van der Waals surface area contributed by atoms with Crippen molar-refractivity contribution in [3.05, 3.63) is 11.6 Å². The van der Waals surface area contributed by atoms with Gasteiger partial charge in [-0.3, -0.25) is 0 Å². The Morgan fingerprint density at radius 1 is 1.15 bits per heavy atom. The number of phenols is 2. The van der Waals surface area contributed by atoms with Gasteiger partial charge in [0.15, 0.2) is 11.5 Å². The van der Waals surface area contributed by atoms with E-state index < -0.39 is 23.0 Å². The van der Waals surface area contributed by atoms with E-state index in [-0.39, 0.29) is 11.4 Å². The minimum absolute atomic E-state index is 0.187. The van der Waals surface area contributed by atoms with Gasteiger partial charge in [0.2, 0.25) is 0 Å². The zero-order chi connectivity index (χ0) is 10.2. The van der Waals surface area contributed by atoms with Crippen LogP contribution in [0.1, 0.15) is 10.4 Å². The van der Waals surface area contributed by atoms with E-state index >= 15 is 0 Å². The van der Waals surface area contributed by atoms with E-state index in [9.17, 15) is 4.79 Å². The molecular weight excluding hydrogens is 176 g/mol. The molecule has 1 rings (SSSR count). The number of benzene rings is 1. The Hall–Kier alpha value is -2.11. The lowest BCUT2D eigenvalue weighted by molar-refractivity contribution is 0.0690. The second-order valence-corrected chi connectivity index (χ2v) is 2.43. The van der Waals surface area contributed by atoms with E-state index in [1.54, 1.807) is 0 Å². The maximum atomic E-state index is 10.5. The Bertz CT molecular complexity index is 349. The van der Waals surface area contributed by atoms with E-state index in [1.165, 1.54) is 0 Å². The molecule has 0 atom stereocenters. The van der Waals surface area contributed by atoms with Crippen LogP contribution in [0.25, 0.3) is 0 Å². The summed E-state index contributed by atoms with van der Waals surface area (Å²) in [4.78, 5) is 10.5. The van der Waals surface area contributed by atoms with Gasteiger partial charge < -0.3 is 26.8 Å². The lowest BCUT2D eigenvalue weighted by Gasteiger charge is -2.07. The van der Waals surface area contributed by atoms with Gasteiger partial charge in [-0.25, -0.2) is 4.79 Å². The van der Waals surface area contributed by atoms with Gasteiger partial charge in [0, 0.05) is 0 Å². The predicted molar refractivity (Wildman–Crippen MR) is 45.6 cm³/mol. The van der Waals surface area contributed by atoms with Crippen molar-refractivity contribution in [3.63, 3.8) is 0 Å². The summed E-state index contributed by atoms with van der Waals surface area (Å²) in [5.74, 6) is -2.85. The van der Waals surface area contributed by atoms with Gasteiger partial charge >= 0.3 is 5.97 Å². The fourth-order valence-electron chi connectivity index (χ4n) is 0.908. The smallest absolute Gasteiger partial charge is 0.343 e. The van der Waals surface area contributed by atoms with Crippen LogP contribution in [0.3, 0.4) is 0 Å². The summed E-state index contributed by atoms with van der Waals surface area (Å²) in [6.45, 7) is 0. The second kappa shape index (κ2) is 2.74. The van der Waals surface area contributed by atoms with Crippen LogP contribution < -0.4 is 11.5 Å². The first-order valence-electron chi connectivity index (χ1n) is 3.28. The summed E-state index contributed by atoms with van der Waals surface area (Å²) < 4.78 is 0. The number of hydrogen-bond acceptors (Lipinski definition) is 5. The molecule has 0 amide bonds. The largest absolute Gasteiger partial charge is 0.505 e. The highest BCUT2D eigenvalue weighted by Gasteiger charge is 2.20. The molecule has 0 saturated heterocycles. The monoisotopic (exact) mass is 184 g/mol. The summed E-state index contributed by atoms with van der Waals surface area (Å²) in [6, 6.07) is 1.08. The maximum Gasteiger partial charge on any atom is 0.343 e. The van der Waals surface area contributed by atoms with E-state index in [1.807, 2.05) is 0 Å². The van der Waals surface area contributed by atoms with Crippen molar-refractivity contribution in [2.45, 2.75) is 0 Å². The van der Waals surface area contributed by atoms with Crippen molar-refractivity contribution in [2.75, 3.05) is 11.5 Å². The van der Waals surface area contributed by atoms with Crippen LogP contribution in [-0.4, -0.2) is 21.3 Å². The number of aromatic hydroxyl groups is 2. The molecule has 0 aliphatic rings. The topological polar surface area (TPSA) is 130 Å². The highest BCUT2D eigenvalue weighted by molar-refractivity contribution is 5.98. The molecule has 70 valence electrons. The third-order valence-electron chi connectivity index (χ3n) is 1.55. The first-order valence-corrected chi connectivity index (χ1v) is 3.28. The third-order valence-corrected chi connectivity index (χ3v) is 1.55. The zero-order valence-electron chi connectivity index (χ0n) is 6.48. The Labute approximate surface area is 73.0 Å². The first-order chi connectivity index (χ1) is 5.95. The molecule has 0 radical (unpaired) electrons. The Kier molecular flexibility index (Phi) is 1.89. The highest BCUT2D eigenvalue weighted by Crippen LogP contribution is 2.37. The molecule has 0 aliphatic carbocycles. The van der Waals surface area contributed by atoms with Gasteiger partial charge in [0.05, 0.1) is 11.4 Å². The van der Waals surface area contributed by atoms with E-state index in [4.69, 9.17) is 26.8 Å². The normalized spacial score (nSPS) is 9.85. The van der Waals surface area contributed by atoms with Crippen molar-refractivity contribution in [1.82, 2.24) is 0 Å². The van der Waals surface area contributed by atoms with Gasteiger partial charge in [-0.05, 0) is 6.07 Å². The van der Waals surface area contributed by atoms with E-state index in [2.05, 4.69) is 0 Å². The molecular formula is C7H8N2O4. The van der Waals surface area contributed by atoms with Crippen molar-refractivity contribution >= 4 is 17.3 Å². The minimum atomic E-state index is -1.49. The average molecular weight is 184 g/mol.